The van der Waals surface area contributed by atoms with Gasteiger partial charge in [0.05, 0.1) is 5.92 Å². The molecule has 0 saturated carbocycles. The predicted octanol–water partition coefficient (Wildman–Crippen LogP) is 2.98. The lowest BCUT2D eigenvalue weighted by atomic mass is 10.1. The van der Waals surface area contributed by atoms with Crippen LogP contribution in [0.1, 0.15) is 30.8 Å². The average molecular weight is 379 g/mol. The standard InChI is InChI=1S/C17H19ClN4O2S/c1-10(2)22-9-12(8-15(22)23)16(24)19-17-21-20-14(25-17)7-11-3-5-13(18)6-4-11/h3-6,10,12H,7-9H2,1-2H3,(H,19,21,24)/t12-/m1/s1. The second-order valence-corrected chi connectivity index (χ2v) is 7.83. The summed E-state index contributed by atoms with van der Waals surface area (Å²) in [7, 11) is 0. The molecular weight excluding hydrogens is 360 g/mol. The Kier molecular flexibility index (Phi) is 5.34. The van der Waals surface area contributed by atoms with Crippen molar-refractivity contribution in [1.29, 1.82) is 0 Å². The van der Waals surface area contributed by atoms with Crippen molar-refractivity contribution >= 4 is 39.9 Å². The van der Waals surface area contributed by atoms with Crippen molar-refractivity contribution in [2.45, 2.75) is 32.7 Å². The molecule has 1 fully saturated rings. The third-order valence-corrected chi connectivity index (χ3v) is 5.21. The number of carbonyl (C=O) groups excluding carboxylic acids is 2. The van der Waals surface area contributed by atoms with Crippen LogP contribution in [0.2, 0.25) is 5.02 Å². The highest BCUT2D eigenvalue weighted by Gasteiger charge is 2.35. The molecule has 6 nitrogen and oxygen atoms in total. The van der Waals surface area contributed by atoms with Gasteiger partial charge in [-0.3, -0.25) is 9.59 Å². The first-order valence-corrected chi connectivity index (χ1v) is 9.29. The maximum absolute atomic E-state index is 12.4. The minimum Gasteiger partial charge on any atom is -0.339 e. The molecule has 0 radical (unpaired) electrons. The Labute approximate surface area is 155 Å². The van der Waals surface area contributed by atoms with E-state index in [2.05, 4.69) is 15.5 Å². The van der Waals surface area contributed by atoms with Crippen molar-refractivity contribution in [1.82, 2.24) is 15.1 Å². The number of hydrogen-bond donors (Lipinski definition) is 1. The Bertz CT molecular complexity index is 775. The van der Waals surface area contributed by atoms with E-state index in [1.807, 2.05) is 38.1 Å². The van der Waals surface area contributed by atoms with Gasteiger partial charge in [-0.15, -0.1) is 10.2 Å². The smallest absolute Gasteiger partial charge is 0.231 e. The van der Waals surface area contributed by atoms with Crippen molar-refractivity contribution in [2.24, 2.45) is 5.92 Å². The van der Waals surface area contributed by atoms with E-state index in [1.54, 1.807) is 4.90 Å². The number of hydrogen-bond acceptors (Lipinski definition) is 5. The first-order chi connectivity index (χ1) is 11.9. The van der Waals surface area contributed by atoms with Crippen molar-refractivity contribution in [3.8, 4) is 0 Å². The zero-order valence-corrected chi connectivity index (χ0v) is 15.6. The summed E-state index contributed by atoms with van der Waals surface area (Å²) >= 11 is 7.22. The second-order valence-electron chi connectivity index (χ2n) is 6.33. The van der Waals surface area contributed by atoms with E-state index in [9.17, 15) is 9.59 Å². The summed E-state index contributed by atoms with van der Waals surface area (Å²) in [6.07, 6.45) is 0.883. The minimum absolute atomic E-state index is 0.0239. The van der Waals surface area contributed by atoms with Crippen LogP contribution in [0.15, 0.2) is 24.3 Å². The topological polar surface area (TPSA) is 75.2 Å². The lowest BCUT2D eigenvalue weighted by Gasteiger charge is -2.20. The summed E-state index contributed by atoms with van der Waals surface area (Å²) in [6, 6.07) is 7.65. The van der Waals surface area contributed by atoms with Crippen molar-refractivity contribution in [2.75, 3.05) is 11.9 Å². The van der Waals surface area contributed by atoms with Gasteiger partial charge in [0.25, 0.3) is 0 Å². The van der Waals surface area contributed by atoms with E-state index < -0.39 is 0 Å². The molecule has 2 heterocycles. The van der Waals surface area contributed by atoms with E-state index in [-0.39, 0.29) is 30.2 Å². The molecule has 25 heavy (non-hydrogen) atoms. The molecule has 2 aromatic rings. The van der Waals surface area contributed by atoms with E-state index in [0.29, 0.717) is 23.1 Å². The molecule has 1 aromatic carbocycles. The molecule has 0 bridgehead atoms. The maximum Gasteiger partial charge on any atom is 0.231 e. The van der Waals surface area contributed by atoms with Gasteiger partial charge < -0.3 is 10.2 Å². The molecule has 1 N–H and O–H groups in total. The van der Waals surface area contributed by atoms with Crippen LogP contribution in [0.4, 0.5) is 5.13 Å². The van der Waals surface area contributed by atoms with Crippen LogP contribution in [0.5, 0.6) is 0 Å². The fourth-order valence-electron chi connectivity index (χ4n) is 2.77. The van der Waals surface area contributed by atoms with Gasteiger partial charge in [0, 0.05) is 30.5 Å². The maximum atomic E-state index is 12.4. The Morgan fingerprint density at radius 3 is 2.72 bits per heavy atom. The first kappa shape index (κ1) is 17.8. The Morgan fingerprint density at radius 2 is 2.08 bits per heavy atom. The third kappa shape index (κ3) is 4.35. The van der Waals surface area contributed by atoms with Crippen LogP contribution < -0.4 is 5.32 Å². The van der Waals surface area contributed by atoms with Crippen molar-refractivity contribution in [3.05, 3.63) is 39.9 Å². The van der Waals surface area contributed by atoms with Gasteiger partial charge in [0.2, 0.25) is 16.9 Å². The Balaban J connectivity index is 1.59. The number of likely N-dealkylation sites (tertiary alicyclic amines) is 1. The van der Waals surface area contributed by atoms with Gasteiger partial charge in [-0.2, -0.15) is 0 Å². The van der Waals surface area contributed by atoms with Gasteiger partial charge in [-0.1, -0.05) is 35.1 Å². The molecule has 1 aromatic heterocycles. The molecule has 2 amide bonds. The summed E-state index contributed by atoms with van der Waals surface area (Å²) in [6.45, 7) is 4.36. The second kappa shape index (κ2) is 7.49. The fraction of sp³-hybridized carbons (Fsp3) is 0.412. The Hall–Kier alpha value is -1.99. The normalized spacial score (nSPS) is 17.4. The quantitative estimate of drug-likeness (QED) is 0.867. The molecule has 0 spiro atoms. The number of nitrogens with one attached hydrogen (secondary N) is 1. The summed E-state index contributed by atoms with van der Waals surface area (Å²) < 4.78 is 0. The van der Waals surface area contributed by atoms with Crippen molar-refractivity contribution < 1.29 is 9.59 Å². The number of benzene rings is 1. The highest BCUT2D eigenvalue weighted by Crippen LogP contribution is 2.24. The highest BCUT2D eigenvalue weighted by molar-refractivity contribution is 7.15. The molecule has 0 aliphatic carbocycles. The number of halogens is 1. The summed E-state index contributed by atoms with van der Waals surface area (Å²) in [5.41, 5.74) is 1.08. The van der Waals surface area contributed by atoms with Gasteiger partial charge in [-0.25, -0.2) is 0 Å². The number of anilines is 1. The third-order valence-electron chi connectivity index (χ3n) is 4.12. The molecular formula is C17H19ClN4O2S. The number of aromatic nitrogens is 2. The predicted molar refractivity (Wildman–Crippen MR) is 97.8 cm³/mol. The number of rotatable bonds is 5. The monoisotopic (exact) mass is 378 g/mol. The summed E-state index contributed by atoms with van der Waals surface area (Å²) in [4.78, 5) is 26.0. The van der Waals surface area contributed by atoms with Crippen molar-refractivity contribution in [3.63, 3.8) is 0 Å². The molecule has 1 atom stereocenters. The molecule has 1 aliphatic rings. The van der Waals surface area contributed by atoms with Crippen LogP contribution in [0, 0.1) is 5.92 Å². The number of nitrogens with zero attached hydrogens (tertiary/aromatic N) is 3. The molecule has 1 saturated heterocycles. The molecule has 0 unspecified atom stereocenters. The van der Waals surface area contributed by atoms with Crippen LogP contribution in [-0.4, -0.2) is 39.5 Å². The highest BCUT2D eigenvalue weighted by atomic mass is 35.5. The van der Waals surface area contributed by atoms with Gasteiger partial charge in [-0.05, 0) is 31.5 Å². The van der Waals surface area contributed by atoms with Gasteiger partial charge in [0.1, 0.15) is 5.01 Å². The average Bonchev–Trinajstić information content (AvgIpc) is 3.16. The minimum atomic E-state index is -0.335. The van der Waals surface area contributed by atoms with E-state index in [1.165, 1.54) is 11.3 Å². The van der Waals surface area contributed by atoms with Crippen LogP contribution in [0.3, 0.4) is 0 Å². The van der Waals surface area contributed by atoms with E-state index in [4.69, 9.17) is 11.6 Å². The van der Waals surface area contributed by atoms with Crippen LogP contribution in [0.25, 0.3) is 0 Å². The lowest BCUT2D eigenvalue weighted by Crippen LogP contribution is -2.33. The molecule has 132 valence electrons. The van der Waals surface area contributed by atoms with Gasteiger partial charge >= 0.3 is 0 Å². The SMILES string of the molecule is CC(C)N1C[C@H](C(=O)Nc2nnc(Cc3ccc(Cl)cc3)s2)CC1=O. The van der Waals surface area contributed by atoms with Crippen LogP contribution in [-0.2, 0) is 16.0 Å². The largest absolute Gasteiger partial charge is 0.339 e. The number of amides is 2. The Morgan fingerprint density at radius 1 is 1.36 bits per heavy atom. The van der Waals surface area contributed by atoms with Gasteiger partial charge in [0.15, 0.2) is 0 Å². The summed E-state index contributed by atoms with van der Waals surface area (Å²) in [5.74, 6) is -0.486. The number of carbonyl (C=O) groups is 2. The fourth-order valence-corrected chi connectivity index (χ4v) is 3.67. The van der Waals surface area contributed by atoms with E-state index >= 15 is 0 Å². The zero-order valence-electron chi connectivity index (χ0n) is 14.0. The van der Waals surface area contributed by atoms with Crippen LogP contribution >= 0.6 is 22.9 Å². The van der Waals surface area contributed by atoms with E-state index in [0.717, 1.165) is 10.6 Å². The molecule has 3 rings (SSSR count). The molecule has 8 heteroatoms. The molecule has 1 aliphatic heterocycles. The lowest BCUT2D eigenvalue weighted by molar-refractivity contribution is -0.129. The first-order valence-electron chi connectivity index (χ1n) is 8.09. The summed E-state index contributed by atoms with van der Waals surface area (Å²) in [5, 5.41) is 12.9. The zero-order chi connectivity index (χ0) is 18.0.